The van der Waals surface area contributed by atoms with Crippen molar-refractivity contribution < 1.29 is 18.0 Å². The molecule has 0 bridgehead atoms. The highest BCUT2D eigenvalue weighted by Gasteiger charge is 2.33. The number of hydrogen-bond acceptors (Lipinski definition) is 4. The predicted molar refractivity (Wildman–Crippen MR) is 150 cm³/mol. The molecule has 0 spiro atoms. The van der Waals surface area contributed by atoms with Gasteiger partial charge in [0.15, 0.2) is 0 Å². The summed E-state index contributed by atoms with van der Waals surface area (Å²) in [6.45, 7) is 1.30. The largest absolute Gasteiger partial charge is 0.352 e. The SMILES string of the molecule is CCC(C(=O)NC1CCCCC1)N(Cc1ccccc1Cl)C(=O)CN(c1cc(Cl)ccc1Cl)S(C)(=O)=O. The second kappa shape index (κ2) is 13.2. The van der Waals surface area contributed by atoms with Gasteiger partial charge in [0.1, 0.15) is 12.6 Å². The van der Waals surface area contributed by atoms with Crippen LogP contribution >= 0.6 is 34.8 Å². The summed E-state index contributed by atoms with van der Waals surface area (Å²) >= 11 is 18.8. The van der Waals surface area contributed by atoms with Crippen molar-refractivity contribution in [1.82, 2.24) is 10.2 Å². The summed E-state index contributed by atoms with van der Waals surface area (Å²) in [4.78, 5) is 28.6. The molecule has 0 radical (unpaired) electrons. The van der Waals surface area contributed by atoms with Crippen LogP contribution in [0.5, 0.6) is 0 Å². The molecule has 0 aromatic heterocycles. The molecule has 202 valence electrons. The second-order valence-corrected chi connectivity index (χ2v) is 12.4. The Balaban J connectivity index is 1.95. The first-order chi connectivity index (χ1) is 17.5. The van der Waals surface area contributed by atoms with Gasteiger partial charge in [0.05, 0.1) is 17.0 Å². The molecule has 1 atom stereocenters. The van der Waals surface area contributed by atoms with E-state index < -0.39 is 28.5 Å². The maximum Gasteiger partial charge on any atom is 0.244 e. The van der Waals surface area contributed by atoms with Crippen molar-refractivity contribution in [3.63, 3.8) is 0 Å². The van der Waals surface area contributed by atoms with E-state index in [0.717, 1.165) is 42.7 Å². The number of hydrogen-bond donors (Lipinski definition) is 1. The maximum absolute atomic E-state index is 13.8. The van der Waals surface area contributed by atoms with Crippen molar-refractivity contribution in [2.75, 3.05) is 17.1 Å². The van der Waals surface area contributed by atoms with Gasteiger partial charge in [-0.25, -0.2) is 8.42 Å². The number of nitrogens with one attached hydrogen (secondary N) is 1. The lowest BCUT2D eigenvalue weighted by Crippen LogP contribution is -2.54. The first kappa shape index (κ1) is 29.6. The molecule has 1 aliphatic carbocycles. The molecule has 2 aromatic rings. The van der Waals surface area contributed by atoms with Crippen LogP contribution in [0.25, 0.3) is 0 Å². The van der Waals surface area contributed by atoms with Crippen LogP contribution in [0.2, 0.25) is 15.1 Å². The highest BCUT2D eigenvalue weighted by Crippen LogP contribution is 2.31. The minimum atomic E-state index is -3.93. The van der Waals surface area contributed by atoms with Crippen molar-refractivity contribution >= 4 is 62.3 Å². The van der Waals surface area contributed by atoms with Gasteiger partial charge >= 0.3 is 0 Å². The predicted octanol–water partition coefficient (Wildman–Crippen LogP) is 5.67. The van der Waals surface area contributed by atoms with Crippen LogP contribution in [0, 0.1) is 0 Å². The molecule has 1 aliphatic rings. The number of nitrogens with zero attached hydrogens (tertiary/aromatic N) is 2. The van der Waals surface area contributed by atoms with Crippen LogP contribution in [0.1, 0.15) is 51.0 Å². The number of halogens is 3. The van der Waals surface area contributed by atoms with E-state index in [2.05, 4.69) is 5.32 Å². The fraction of sp³-hybridized carbons (Fsp3) is 0.462. The summed E-state index contributed by atoms with van der Waals surface area (Å²) in [5, 5.41) is 3.94. The average molecular weight is 589 g/mol. The minimum Gasteiger partial charge on any atom is -0.352 e. The first-order valence-electron chi connectivity index (χ1n) is 12.3. The Labute approximate surface area is 234 Å². The molecule has 0 heterocycles. The highest BCUT2D eigenvalue weighted by atomic mass is 35.5. The summed E-state index contributed by atoms with van der Waals surface area (Å²) in [7, 11) is -3.93. The Morgan fingerprint density at radius 3 is 2.32 bits per heavy atom. The molecule has 0 saturated heterocycles. The molecule has 7 nitrogen and oxygen atoms in total. The zero-order valence-electron chi connectivity index (χ0n) is 20.9. The summed E-state index contributed by atoms with van der Waals surface area (Å²) in [5.74, 6) is -0.825. The van der Waals surface area contributed by atoms with Crippen molar-refractivity contribution in [3.05, 3.63) is 63.1 Å². The van der Waals surface area contributed by atoms with Crippen LogP contribution in [0.3, 0.4) is 0 Å². The number of rotatable bonds is 10. The van der Waals surface area contributed by atoms with E-state index in [9.17, 15) is 18.0 Å². The maximum atomic E-state index is 13.8. The molecular weight excluding hydrogens is 557 g/mol. The van der Waals surface area contributed by atoms with Crippen LogP contribution in [-0.2, 0) is 26.2 Å². The quantitative estimate of drug-likeness (QED) is 0.388. The van der Waals surface area contributed by atoms with Crippen LogP contribution in [-0.4, -0.2) is 50.0 Å². The molecule has 1 saturated carbocycles. The van der Waals surface area contributed by atoms with Crippen LogP contribution in [0.4, 0.5) is 5.69 Å². The van der Waals surface area contributed by atoms with Gasteiger partial charge in [0, 0.05) is 22.6 Å². The van der Waals surface area contributed by atoms with Crippen molar-refractivity contribution in [3.8, 4) is 0 Å². The summed E-state index contributed by atoms with van der Waals surface area (Å²) in [6, 6.07) is 10.7. The fourth-order valence-electron chi connectivity index (χ4n) is 4.55. The van der Waals surface area contributed by atoms with Gasteiger partial charge in [-0.05, 0) is 49.1 Å². The van der Waals surface area contributed by atoms with Gasteiger partial charge in [0.25, 0.3) is 0 Å². The molecule has 0 aliphatic heterocycles. The topological polar surface area (TPSA) is 86.8 Å². The van der Waals surface area contributed by atoms with Gasteiger partial charge in [-0.2, -0.15) is 0 Å². The minimum absolute atomic E-state index is 0.0377. The third-order valence-electron chi connectivity index (χ3n) is 6.49. The van der Waals surface area contributed by atoms with Gasteiger partial charge < -0.3 is 10.2 Å². The number of carbonyl (C=O) groups is 2. The Bertz CT molecular complexity index is 1220. The van der Waals surface area contributed by atoms with Gasteiger partial charge in [0.2, 0.25) is 21.8 Å². The monoisotopic (exact) mass is 587 g/mol. The number of sulfonamides is 1. The zero-order valence-corrected chi connectivity index (χ0v) is 24.0. The molecule has 1 N–H and O–H groups in total. The number of benzene rings is 2. The lowest BCUT2D eigenvalue weighted by atomic mass is 9.95. The fourth-order valence-corrected chi connectivity index (χ4v) is 6.03. The molecule has 11 heteroatoms. The van der Waals surface area contributed by atoms with E-state index >= 15 is 0 Å². The van der Waals surface area contributed by atoms with Crippen molar-refractivity contribution in [2.24, 2.45) is 0 Å². The third-order valence-corrected chi connectivity index (χ3v) is 8.54. The highest BCUT2D eigenvalue weighted by molar-refractivity contribution is 7.92. The van der Waals surface area contributed by atoms with E-state index in [1.54, 1.807) is 24.3 Å². The second-order valence-electron chi connectivity index (χ2n) is 9.25. The molecule has 2 aromatic carbocycles. The average Bonchev–Trinajstić information content (AvgIpc) is 2.85. The zero-order chi connectivity index (χ0) is 27.2. The molecule has 3 rings (SSSR count). The number of anilines is 1. The molecule has 37 heavy (non-hydrogen) atoms. The standard InChI is InChI=1S/C26H32Cl3N3O4S/c1-3-23(26(34)30-20-10-5-4-6-11-20)31(16-18-9-7-8-12-21(18)28)25(33)17-32(37(2,35)36)24-15-19(27)13-14-22(24)29/h7-9,12-15,20,23H,3-6,10-11,16-17H2,1-2H3,(H,30,34). The molecule has 1 unspecified atom stereocenters. The summed E-state index contributed by atoms with van der Waals surface area (Å²) in [6.07, 6.45) is 6.37. The van der Waals surface area contributed by atoms with Gasteiger partial charge in [-0.3, -0.25) is 13.9 Å². The first-order valence-corrected chi connectivity index (χ1v) is 15.3. The van der Waals surface area contributed by atoms with Crippen molar-refractivity contribution in [1.29, 1.82) is 0 Å². The number of carbonyl (C=O) groups excluding carboxylic acids is 2. The number of amides is 2. The van der Waals surface area contributed by atoms with E-state index in [4.69, 9.17) is 34.8 Å². The lowest BCUT2D eigenvalue weighted by molar-refractivity contribution is -0.140. The van der Waals surface area contributed by atoms with E-state index in [1.807, 2.05) is 6.92 Å². The van der Waals surface area contributed by atoms with Crippen LogP contribution < -0.4 is 9.62 Å². The smallest absolute Gasteiger partial charge is 0.244 e. The van der Waals surface area contributed by atoms with E-state index in [0.29, 0.717) is 17.0 Å². The Hall–Kier alpha value is -2.00. The molecule has 2 amide bonds. The lowest BCUT2D eigenvalue weighted by Gasteiger charge is -2.34. The normalized spacial score (nSPS) is 15.2. The summed E-state index contributed by atoms with van der Waals surface area (Å²) < 4.78 is 26.4. The van der Waals surface area contributed by atoms with Crippen LogP contribution in [0.15, 0.2) is 42.5 Å². The van der Waals surface area contributed by atoms with E-state index in [-0.39, 0.29) is 34.2 Å². The Morgan fingerprint density at radius 2 is 1.70 bits per heavy atom. The van der Waals surface area contributed by atoms with Gasteiger partial charge in [-0.1, -0.05) is 79.2 Å². The summed E-state index contributed by atoms with van der Waals surface area (Å²) in [5.41, 5.74) is 0.732. The Morgan fingerprint density at radius 1 is 1.03 bits per heavy atom. The third kappa shape index (κ3) is 7.99. The molecular formula is C26H32Cl3N3O4S. The van der Waals surface area contributed by atoms with Gasteiger partial charge in [-0.15, -0.1) is 0 Å². The van der Waals surface area contributed by atoms with E-state index in [1.165, 1.54) is 23.1 Å². The van der Waals surface area contributed by atoms with Crippen molar-refractivity contribution in [2.45, 2.75) is 64.1 Å². The molecule has 1 fully saturated rings. The Kier molecular flexibility index (Phi) is 10.5.